The smallest absolute Gasteiger partial charge is 0.387 e. The summed E-state index contributed by atoms with van der Waals surface area (Å²) in [4.78, 5) is 13.6. The number of carbonyl (C=O) groups excluding carboxylic acids is 1. The van der Waals surface area contributed by atoms with Gasteiger partial charge in [0.05, 0.1) is 11.5 Å². The number of esters is 1. The van der Waals surface area contributed by atoms with Gasteiger partial charge in [-0.3, -0.25) is 0 Å². The average Bonchev–Trinajstić information content (AvgIpc) is 3.65. The highest BCUT2D eigenvalue weighted by Gasteiger charge is 2.42. The number of alkyl halides is 2. The molecule has 0 bridgehead atoms. The van der Waals surface area contributed by atoms with Crippen molar-refractivity contribution in [3.05, 3.63) is 81.2 Å². The Morgan fingerprint density at radius 2 is 1.80 bits per heavy atom. The van der Waals surface area contributed by atoms with Gasteiger partial charge in [-0.1, -0.05) is 29.3 Å². The van der Waals surface area contributed by atoms with Gasteiger partial charge in [-0.05, 0) is 60.7 Å². The maximum absolute atomic E-state index is 13.7. The van der Waals surface area contributed by atoms with Crippen LogP contribution in [0.25, 0.3) is 0 Å². The van der Waals surface area contributed by atoms with Gasteiger partial charge in [0, 0.05) is 30.0 Å². The van der Waals surface area contributed by atoms with Gasteiger partial charge >= 0.3 is 12.6 Å². The molecule has 2 atom stereocenters. The molecular weight excluding hydrogens is 663 g/mol. The van der Waals surface area contributed by atoms with Crippen LogP contribution < -0.4 is 19.9 Å². The molecule has 2 aliphatic rings. The molecule has 0 radical (unpaired) electrons. The second kappa shape index (κ2) is 13.5. The van der Waals surface area contributed by atoms with E-state index in [-0.39, 0.29) is 51.6 Å². The molecule has 2 unspecified atom stereocenters. The van der Waals surface area contributed by atoms with Gasteiger partial charge in [-0.15, -0.1) is 11.8 Å². The zero-order valence-corrected chi connectivity index (χ0v) is 26.1. The number of anilines is 1. The van der Waals surface area contributed by atoms with Crippen molar-refractivity contribution in [2.75, 3.05) is 24.6 Å². The number of rotatable bonds is 12. The van der Waals surface area contributed by atoms with E-state index in [9.17, 15) is 27.2 Å². The number of nitrogen functional groups attached to an aromatic ring is 1. The van der Waals surface area contributed by atoms with E-state index in [2.05, 4.69) is 4.74 Å². The van der Waals surface area contributed by atoms with Crippen LogP contribution in [0.4, 0.5) is 14.5 Å². The highest BCUT2D eigenvalue weighted by atomic mass is 35.5. The number of nitrogens with zero attached hydrogens (tertiary/aromatic N) is 2. The highest BCUT2D eigenvalue weighted by Crippen LogP contribution is 2.39. The van der Waals surface area contributed by atoms with E-state index in [1.807, 2.05) is 0 Å². The Morgan fingerprint density at radius 3 is 2.43 bits per heavy atom. The summed E-state index contributed by atoms with van der Waals surface area (Å²) in [5.74, 6) is -0.434. The number of aromatic nitrogens is 1. The SMILES string of the molecule is Nc1ccc(S(=O)(=O)N2CCSC2C(=O)OC(Cc2c(Cl)c[n+]([O-])cc2Cl)c2ccc(OC(F)F)c(OCC3CC3)c2)cc1. The standard InChI is InChI=1S/C28H27Cl2F2N3O7S2/c29-21-13-34(37)14-22(30)20(21)12-24(17-3-8-23(42-28(31)32)25(11-17)40-15-16-1-2-16)41-27(36)26-35(9-10-43-26)44(38,39)19-6-4-18(33)5-7-19/h3-8,11,13-14,16,24,26,28H,1-2,9-10,12,15,33H2. The van der Waals surface area contributed by atoms with Gasteiger partial charge in [0.2, 0.25) is 10.0 Å². The molecule has 1 aliphatic heterocycles. The number of sulfonamides is 1. The Kier molecular flexibility index (Phi) is 9.95. The molecule has 2 N–H and O–H groups in total. The molecule has 0 spiro atoms. The van der Waals surface area contributed by atoms with Crippen molar-refractivity contribution in [1.29, 1.82) is 0 Å². The first-order chi connectivity index (χ1) is 20.9. The Bertz CT molecular complexity index is 1610. The number of ether oxygens (including phenoxy) is 3. The summed E-state index contributed by atoms with van der Waals surface area (Å²) in [6, 6.07) is 9.71. The molecule has 1 saturated carbocycles. The summed E-state index contributed by atoms with van der Waals surface area (Å²) in [5.41, 5.74) is 6.67. The molecule has 2 heterocycles. The zero-order chi connectivity index (χ0) is 31.6. The van der Waals surface area contributed by atoms with Crippen LogP contribution in [0.2, 0.25) is 10.0 Å². The van der Waals surface area contributed by atoms with E-state index < -0.39 is 34.1 Å². The van der Waals surface area contributed by atoms with Crippen molar-refractivity contribution < 1.29 is 40.9 Å². The monoisotopic (exact) mass is 689 g/mol. The van der Waals surface area contributed by atoms with Crippen LogP contribution in [0, 0.1) is 11.1 Å². The first-order valence-electron chi connectivity index (χ1n) is 13.4. The van der Waals surface area contributed by atoms with Gasteiger partial charge in [0.1, 0.15) is 16.1 Å². The van der Waals surface area contributed by atoms with Crippen LogP contribution in [0.3, 0.4) is 0 Å². The Hall–Kier alpha value is -3.04. The number of halogens is 4. The number of hydrogen-bond acceptors (Lipinski definition) is 9. The lowest BCUT2D eigenvalue weighted by Crippen LogP contribution is -2.40. The minimum atomic E-state index is -4.09. The van der Waals surface area contributed by atoms with Crippen LogP contribution >= 0.6 is 35.0 Å². The molecule has 10 nitrogen and oxygen atoms in total. The number of thioether (sulfide) groups is 1. The molecule has 2 aromatic carbocycles. The Labute approximate surface area is 266 Å². The van der Waals surface area contributed by atoms with Crippen molar-refractivity contribution in [1.82, 2.24) is 4.31 Å². The molecule has 3 aromatic rings. The highest BCUT2D eigenvalue weighted by molar-refractivity contribution is 8.02. The second-order valence-electron chi connectivity index (χ2n) is 10.2. The topological polar surface area (TPSA) is 135 Å². The van der Waals surface area contributed by atoms with Crippen LogP contribution in [-0.4, -0.2) is 49.6 Å². The van der Waals surface area contributed by atoms with E-state index in [1.54, 1.807) is 0 Å². The van der Waals surface area contributed by atoms with Gasteiger partial charge in [-0.2, -0.15) is 17.8 Å². The number of carbonyl (C=O) groups is 1. The molecule has 44 heavy (non-hydrogen) atoms. The molecular formula is C28H27Cl2F2N3O7S2. The van der Waals surface area contributed by atoms with Crippen LogP contribution in [0.1, 0.15) is 30.1 Å². The van der Waals surface area contributed by atoms with Crippen molar-refractivity contribution in [3.63, 3.8) is 0 Å². The lowest BCUT2D eigenvalue weighted by Gasteiger charge is -2.26. The van der Waals surface area contributed by atoms with Crippen molar-refractivity contribution >= 4 is 56.6 Å². The molecule has 0 amide bonds. The third-order valence-electron chi connectivity index (χ3n) is 6.97. The van der Waals surface area contributed by atoms with E-state index >= 15 is 0 Å². The minimum Gasteiger partial charge on any atom is -0.619 e. The van der Waals surface area contributed by atoms with E-state index in [4.69, 9.17) is 38.4 Å². The fourth-order valence-electron chi connectivity index (χ4n) is 4.52. The maximum Gasteiger partial charge on any atom is 0.387 e. The van der Waals surface area contributed by atoms with Gasteiger partial charge in [-0.25, -0.2) is 13.2 Å². The summed E-state index contributed by atoms with van der Waals surface area (Å²) in [5, 5.41) is 10.6. The largest absolute Gasteiger partial charge is 0.619 e. The Morgan fingerprint density at radius 1 is 1.11 bits per heavy atom. The summed E-state index contributed by atoms with van der Waals surface area (Å²) in [6.07, 6.45) is 2.78. The molecule has 1 aliphatic carbocycles. The third-order valence-corrected chi connectivity index (χ3v) is 10.8. The lowest BCUT2D eigenvalue weighted by molar-refractivity contribution is -0.605. The van der Waals surface area contributed by atoms with Gasteiger partial charge < -0.3 is 25.2 Å². The van der Waals surface area contributed by atoms with Crippen molar-refractivity contribution in [2.24, 2.45) is 5.92 Å². The Balaban J connectivity index is 1.47. The normalized spacial score (nSPS) is 17.9. The molecule has 236 valence electrons. The molecule has 2 fully saturated rings. The van der Waals surface area contributed by atoms with Crippen LogP contribution in [-0.2, 0) is 26.0 Å². The number of hydrogen-bond donors (Lipinski definition) is 1. The van der Waals surface area contributed by atoms with Crippen molar-refractivity contribution in [2.45, 2.75) is 42.2 Å². The fraction of sp³-hybridized carbons (Fsp3) is 0.357. The molecule has 1 aromatic heterocycles. The quantitative estimate of drug-likeness (QED) is 0.118. The molecule has 1 saturated heterocycles. The summed E-state index contributed by atoms with van der Waals surface area (Å²) < 4.78 is 71.0. The second-order valence-corrected chi connectivity index (χ2v) is 14.1. The van der Waals surface area contributed by atoms with Crippen LogP contribution in [0.15, 0.2) is 59.8 Å². The van der Waals surface area contributed by atoms with E-state index in [0.717, 1.165) is 41.3 Å². The zero-order valence-electron chi connectivity index (χ0n) is 22.9. The third kappa shape index (κ3) is 7.60. The number of pyridine rings is 1. The van der Waals surface area contributed by atoms with Crippen molar-refractivity contribution in [3.8, 4) is 11.5 Å². The average molecular weight is 691 g/mol. The van der Waals surface area contributed by atoms with E-state index in [1.165, 1.54) is 42.5 Å². The lowest BCUT2D eigenvalue weighted by atomic mass is 10.0. The summed E-state index contributed by atoms with van der Waals surface area (Å²) >= 11 is 13.7. The fourth-order valence-corrected chi connectivity index (χ4v) is 8.17. The predicted octanol–water partition coefficient (Wildman–Crippen LogP) is 5.19. The van der Waals surface area contributed by atoms with Gasteiger partial charge in [0.15, 0.2) is 29.3 Å². The van der Waals surface area contributed by atoms with E-state index in [0.29, 0.717) is 27.7 Å². The maximum atomic E-state index is 13.7. The minimum absolute atomic E-state index is 0.000735. The molecule has 5 rings (SSSR count). The molecule has 16 heteroatoms. The van der Waals surface area contributed by atoms with Gasteiger partial charge in [0.25, 0.3) is 0 Å². The number of nitrogens with two attached hydrogens (primary N) is 1. The number of benzene rings is 2. The first kappa shape index (κ1) is 32.4. The summed E-state index contributed by atoms with van der Waals surface area (Å²) in [7, 11) is -4.09. The summed E-state index contributed by atoms with van der Waals surface area (Å²) in [6.45, 7) is -2.77. The van der Waals surface area contributed by atoms with Crippen LogP contribution in [0.5, 0.6) is 11.5 Å². The first-order valence-corrected chi connectivity index (χ1v) is 16.6. The predicted molar refractivity (Wildman–Crippen MR) is 160 cm³/mol.